The number of hydrogen-bond acceptors (Lipinski definition) is 3. The van der Waals surface area contributed by atoms with E-state index in [9.17, 15) is 4.79 Å². The Kier molecular flexibility index (Phi) is 6.99. The molecule has 3 aromatic rings. The molecule has 4 rings (SSSR count). The van der Waals surface area contributed by atoms with E-state index < -0.39 is 0 Å². The minimum Gasteiger partial charge on any atom is -0.496 e. The first-order valence-electron chi connectivity index (χ1n) is 11.1. The molecule has 33 heavy (non-hydrogen) atoms. The fraction of sp³-hybridized carbons (Fsp3) is 0.179. The summed E-state index contributed by atoms with van der Waals surface area (Å²) in [6, 6.07) is 24.0. The largest absolute Gasteiger partial charge is 0.496 e. The molecule has 0 unspecified atom stereocenters. The molecule has 0 bridgehead atoms. The number of ether oxygens (including phenoxy) is 1. The van der Waals surface area contributed by atoms with Gasteiger partial charge in [-0.2, -0.15) is 0 Å². The third kappa shape index (κ3) is 4.74. The van der Waals surface area contributed by atoms with Crippen molar-refractivity contribution in [3.05, 3.63) is 100 Å². The molecule has 1 heterocycles. The van der Waals surface area contributed by atoms with Crippen molar-refractivity contribution >= 4 is 45.0 Å². The van der Waals surface area contributed by atoms with Gasteiger partial charge in [-0.25, -0.2) is 0 Å². The summed E-state index contributed by atoms with van der Waals surface area (Å²) in [7, 11) is 1.64. The van der Waals surface area contributed by atoms with Crippen molar-refractivity contribution in [1.29, 1.82) is 0 Å². The van der Waals surface area contributed by atoms with Gasteiger partial charge >= 0.3 is 0 Å². The zero-order chi connectivity index (χ0) is 23.4. The SMILES string of the molecule is CCN(CC)c1ccc(N2C(=O)/C(=C\c3ccc(OC)c(Br)c3)C=C2c2ccccc2)cc1. The van der Waals surface area contributed by atoms with Crippen molar-refractivity contribution in [1.82, 2.24) is 0 Å². The number of methoxy groups -OCH3 is 1. The lowest BCUT2D eigenvalue weighted by Gasteiger charge is -2.24. The standard InChI is InChI=1S/C28H27BrN2O2/c1-4-30(5-2)23-12-14-24(15-13-23)31-26(21-9-7-6-8-10-21)19-22(28(31)32)17-20-11-16-27(33-3)25(29)18-20/h6-19H,4-5H2,1-3H3/b22-17-. The first-order chi connectivity index (χ1) is 16.0. The van der Waals surface area contributed by atoms with E-state index in [0.29, 0.717) is 5.57 Å². The van der Waals surface area contributed by atoms with E-state index in [-0.39, 0.29) is 5.91 Å². The second-order valence-electron chi connectivity index (χ2n) is 7.72. The van der Waals surface area contributed by atoms with Gasteiger partial charge in [-0.1, -0.05) is 36.4 Å². The lowest BCUT2D eigenvalue weighted by molar-refractivity contribution is -0.113. The summed E-state index contributed by atoms with van der Waals surface area (Å²) in [5.41, 5.74) is 5.44. The van der Waals surface area contributed by atoms with Crippen LogP contribution in [0.15, 0.2) is 88.9 Å². The number of rotatable bonds is 7. The average Bonchev–Trinajstić information content (AvgIpc) is 3.17. The number of hydrogen-bond donors (Lipinski definition) is 0. The summed E-state index contributed by atoms with van der Waals surface area (Å²) in [5, 5.41) is 0. The zero-order valence-corrected chi connectivity index (χ0v) is 20.7. The summed E-state index contributed by atoms with van der Waals surface area (Å²) in [5.74, 6) is 0.710. The highest BCUT2D eigenvalue weighted by molar-refractivity contribution is 9.10. The van der Waals surface area contributed by atoms with Crippen LogP contribution in [0.2, 0.25) is 0 Å². The Morgan fingerprint density at radius 3 is 2.27 bits per heavy atom. The van der Waals surface area contributed by atoms with Gasteiger partial charge in [0, 0.05) is 30.0 Å². The van der Waals surface area contributed by atoms with Gasteiger partial charge in [0.1, 0.15) is 5.75 Å². The molecule has 5 heteroatoms. The third-order valence-corrected chi connectivity index (χ3v) is 6.41. The molecule has 0 radical (unpaired) electrons. The maximum absolute atomic E-state index is 13.6. The first-order valence-corrected chi connectivity index (χ1v) is 11.9. The second kappa shape index (κ2) is 10.1. The Morgan fingerprint density at radius 1 is 0.970 bits per heavy atom. The third-order valence-electron chi connectivity index (χ3n) is 5.79. The highest BCUT2D eigenvalue weighted by Gasteiger charge is 2.30. The molecule has 0 fully saturated rings. The lowest BCUT2D eigenvalue weighted by Crippen LogP contribution is -2.25. The van der Waals surface area contributed by atoms with Crippen LogP contribution in [0.4, 0.5) is 11.4 Å². The Bertz CT molecular complexity index is 1200. The molecule has 0 saturated carbocycles. The minimum absolute atomic E-state index is 0.0450. The summed E-state index contributed by atoms with van der Waals surface area (Å²) >= 11 is 3.53. The van der Waals surface area contributed by atoms with Crippen LogP contribution in [0.3, 0.4) is 0 Å². The first kappa shape index (κ1) is 22.9. The van der Waals surface area contributed by atoms with Gasteiger partial charge in [-0.05, 0) is 89.5 Å². The molecular weight excluding hydrogens is 476 g/mol. The molecule has 0 saturated heterocycles. The minimum atomic E-state index is -0.0450. The van der Waals surface area contributed by atoms with Crippen molar-refractivity contribution < 1.29 is 9.53 Å². The van der Waals surface area contributed by atoms with Gasteiger partial charge in [0.15, 0.2) is 0 Å². The zero-order valence-electron chi connectivity index (χ0n) is 19.1. The van der Waals surface area contributed by atoms with Gasteiger partial charge in [-0.15, -0.1) is 0 Å². The summed E-state index contributed by atoms with van der Waals surface area (Å²) < 4.78 is 6.17. The van der Waals surface area contributed by atoms with Crippen LogP contribution in [0.1, 0.15) is 25.0 Å². The van der Waals surface area contributed by atoms with Crippen molar-refractivity contribution in [2.45, 2.75) is 13.8 Å². The van der Waals surface area contributed by atoms with Gasteiger partial charge in [-0.3, -0.25) is 9.69 Å². The van der Waals surface area contributed by atoms with Crippen molar-refractivity contribution in [3.8, 4) is 5.75 Å². The Hall–Kier alpha value is -3.31. The highest BCUT2D eigenvalue weighted by Crippen LogP contribution is 2.36. The van der Waals surface area contributed by atoms with Crippen LogP contribution in [0.5, 0.6) is 5.75 Å². The fourth-order valence-corrected chi connectivity index (χ4v) is 4.60. The number of carbonyl (C=O) groups excluding carboxylic acids is 1. The topological polar surface area (TPSA) is 32.8 Å². The number of halogens is 1. The van der Waals surface area contributed by atoms with Gasteiger partial charge < -0.3 is 9.64 Å². The lowest BCUT2D eigenvalue weighted by atomic mass is 10.1. The highest BCUT2D eigenvalue weighted by atomic mass is 79.9. The number of nitrogens with zero attached hydrogens (tertiary/aromatic N) is 2. The Morgan fingerprint density at radius 2 is 1.67 bits per heavy atom. The molecular formula is C28H27BrN2O2. The normalized spacial score (nSPS) is 14.5. The van der Waals surface area contributed by atoms with E-state index in [4.69, 9.17) is 4.74 Å². The molecule has 0 spiro atoms. The van der Waals surface area contributed by atoms with Crippen molar-refractivity contribution in [2.75, 3.05) is 30.0 Å². The average molecular weight is 503 g/mol. The molecule has 1 amide bonds. The van der Waals surface area contributed by atoms with Crippen LogP contribution < -0.4 is 14.5 Å². The quantitative estimate of drug-likeness (QED) is 0.334. The van der Waals surface area contributed by atoms with E-state index in [1.165, 1.54) is 0 Å². The Balaban J connectivity index is 1.74. The van der Waals surface area contributed by atoms with Crippen LogP contribution in [0, 0.1) is 0 Å². The predicted molar refractivity (Wildman–Crippen MR) is 141 cm³/mol. The van der Waals surface area contributed by atoms with Crippen LogP contribution in [-0.2, 0) is 4.79 Å². The maximum Gasteiger partial charge on any atom is 0.262 e. The van der Waals surface area contributed by atoms with Crippen molar-refractivity contribution in [2.24, 2.45) is 0 Å². The van der Waals surface area contributed by atoms with E-state index in [1.54, 1.807) is 12.0 Å². The van der Waals surface area contributed by atoms with Crippen LogP contribution >= 0.6 is 15.9 Å². The molecule has 3 aromatic carbocycles. The van der Waals surface area contributed by atoms with E-state index in [1.807, 2.05) is 72.8 Å². The number of anilines is 2. The number of benzene rings is 3. The molecule has 0 N–H and O–H groups in total. The molecule has 168 valence electrons. The summed E-state index contributed by atoms with van der Waals surface area (Å²) in [4.78, 5) is 17.7. The smallest absolute Gasteiger partial charge is 0.262 e. The fourth-order valence-electron chi connectivity index (χ4n) is 4.05. The second-order valence-corrected chi connectivity index (χ2v) is 8.57. The molecule has 1 aliphatic rings. The van der Waals surface area contributed by atoms with E-state index in [0.717, 1.165) is 51.5 Å². The predicted octanol–water partition coefficient (Wildman–Crippen LogP) is 6.78. The van der Waals surface area contributed by atoms with Crippen molar-refractivity contribution in [3.63, 3.8) is 0 Å². The summed E-state index contributed by atoms with van der Waals surface area (Å²) in [6.45, 7) is 6.18. The van der Waals surface area contributed by atoms with E-state index in [2.05, 4.69) is 46.8 Å². The van der Waals surface area contributed by atoms with Gasteiger partial charge in [0.05, 0.1) is 17.3 Å². The van der Waals surface area contributed by atoms with Gasteiger partial charge in [0.25, 0.3) is 5.91 Å². The van der Waals surface area contributed by atoms with Crippen LogP contribution in [0.25, 0.3) is 11.8 Å². The molecule has 1 aliphatic heterocycles. The Labute approximate surface area is 203 Å². The molecule has 0 atom stereocenters. The molecule has 0 aromatic heterocycles. The number of amides is 1. The monoisotopic (exact) mass is 502 g/mol. The molecule has 4 nitrogen and oxygen atoms in total. The van der Waals surface area contributed by atoms with E-state index >= 15 is 0 Å². The number of carbonyl (C=O) groups is 1. The maximum atomic E-state index is 13.6. The van der Waals surface area contributed by atoms with Crippen LogP contribution in [-0.4, -0.2) is 26.1 Å². The van der Waals surface area contributed by atoms with Gasteiger partial charge in [0.2, 0.25) is 0 Å². The summed E-state index contributed by atoms with van der Waals surface area (Å²) in [6.07, 6.45) is 3.88. The molecule has 0 aliphatic carbocycles.